The van der Waals surface area contributed by atoms with E-state index in [1.807, 2.05) is 24.3 Å². The average Bonchev–Trinajstić information content (AvgIpc) is 2.66. The van der Waals surface area contributed by atoms with Gasteiger partial charge in [-0.2, -0.15) is 0 Å². The van der Waals surface area contributed by atoms with Crippen LogP contribution in [0.1, 0.15) is 57.4 Å². The molecule has 5 nitrogen and oxygen atoms in total. The van der Waals surface area contributed by atoms with E-state index in [0.29, 0.717) is 19.6 Å². The van der Waals surface area contributed by atoms with Crippen LogP contribution in [-0.2, 0) is 20.7 Å². The molecule has 0 bridgehead atoms. The van der Waals surface area contributed by atoms with E-state index in [0.717, 1.165) is 56.4 Å². The lowest BCUT2D eigenvalue weighted by atomic mass is 9.94. The normalized spacial score (nSPS) is 18.4. The molecule has 1 N–H and O–H groups in total. The van der Waals surface area contributed by atoms with Crippen LogP contribution in [0, 0.1) is 5.92 Å². The smallest absolute Gasteiger partial charge is 0.306 e. The number of carboxylic acids is 1. The number of ether oxygens (including phenoxy) is 3. The second-order valence-electron chi connectivity index (χ2n) is 6.89. The fourth-order valence-corrected chi connectivity index (χ4v) is 3.08. The molecule has 0 aromatic heterocycles. The predicted octanol–water partition coefficient (Wildman–Crippen LogP) is 4.43. The fraction of sp³-hybridized carbons (Fsp3) is 0.667. The molecule has 1 fully saturated rings. The van der Waals surface area contributed by atoms with Gasteiger partial charge in [0.05, 0.1) is 19.1 Å². The molecule has 0 amide bonds. The van der Waals surface area contributed by atoms with Crippen molar-refractivity contribution in [3.63, 3.8) is 0 Å². The molecule has 0 aliphatic carbocycles. The van der Waals surface area contributed by atoms with Crippen LogP contribution in [0.2, 0.25) is 0 Å². The molecule has 26 heavy (non-hydrogen) atoms. The summed E-state index contributed by atoms with van der Waals surface area (Å²) < 4.78 is 16.9. The molecular formula is C21H32O5. The van der Waals surface area contributed by atoms with Crippen LogP contribution in [0.15, 0.2) is 24.3 Å². The third-order valence-corrected chi connectivity index (χ3v) is 4.66. The summed E-state index contributed by atoms with van der Waals surface area (Å²) >= 11 is 0. The third-order valence-electron chi connectivity index (χ3n) is 4.66. The van der Waals surface area contributed by atoms with Gasteiger partial charge in [-0.3, -0.25) is 4.79 Å². The second-order valence-corrected chi connectivity index (χ2v) is 6.89. The third kappa shape index (κ3) is 7.75. The highest BCUT2D eigenvalue weighted by Crippen LogP contribution is 2.19. The summed E-state index contributed by atoms with van der Waals surface area (Å²) in [4.78, 5) is 11.3. The Hall–Kier alpha value is -1.59. The monoisotopic (exact) mass is 364 g/mol. The number of hydrogen-bond donors (Lipinski definition) is 1. The summed E-state index contributed by atoms with van der Waals surface area (Å²) in [5.41, 5.74) is 1.04. The van der Waals surface area contributed by atoms with E-state index in [2.05, 4.69) is 6.92 Å². The first kappa shape index (κ1) is 20.7. The quantitative estimate of drug-likeness (QED) is 0.556. The zero-order valence-electron chi connectivity index (χ0n) is 15.8. The molecule has 1 aliphatic heterocycles. The van der Waals surface area contributed by atoms with Crippen LogP contribution < -0.4 is 4.74 Å². The van der Waals surface area contributed by atoms with Gasteiger partial charge in [-0.05, 0) is 49.8 Å². The topological polar surface area (TPSA) is 65.0 Å². The molecular weight excluding hydrogens is 332 g/mol. The largest absolute Gasteiger partial charge is 0.494 e. The van der Waals surface area contributed by atoms with Gasteiger partial charge in [0.1, 0.15) is 5.75 Å². The van der Waals surface area contributed by atoms with Gasteiger partial charge in [0.15, 0.2) is 6.29 Å². The van der Waals surface area contributed by atoms with Crippen LogP contribution in [-0.4, -0.2) is 37.2 Å². The van der Waals surface area contributed by atoms with Crippen molar-refractivity contribution in [2.24, 2.45) is 5.92 Å². The zero-order chi connectivity index (χ0) is 18.6. The highest BCUT2D eigenvalue weighted by atomic mass is 16.7. The van der Waals surface area contributed by atoms with Gasteiger partial charge in [-0.1, -0.05) is 31.9 Å². The van der Waals surface area contributed by atoms with Crippen molar-refractivity contribution < 1.29 is 24.1 Å². The van der Waals surface area contributed by atoms with Crippen LogP contribution >= 0.6 is 0 Å². The zero-order valence-corrected chi connectivity index (χ0v) is 15.8. The molecule has 1 aromatic rings. The Morgan fingerprint density at radius 3 is 2.69 bits per heavy atom. The van der Waals surface area contributed by atoms with Crippen molar-refractivity contribution in [3.05, 3.63) is 29.8 Å². The summed E-state index contributed by atoms with van der Waals surface area (Å²) in [6.07, 6.45) is 7.34. The SMILES string of the molecule is CCCCC(Cc1ccc(OCCCOC2CCCCO2)cc1)C(=O)O. The Balaban J connectivity index is 1.65. The lowest BCUT2D eigenvalue weighted by molar-refractivity contribution is -0.163. The minimum atomic E-state index is -0.708. The van der Waals surface area contributed by atoms with E-state index in [-0.39, 0.29) is 12.2 Å². The Morgan fingerprint density at radius 1 is 1.23 bits per heavy atom. The standard InChI is InChI=1S/C21H32O5/c1-2-3-7-18(21(22)23)16-17-9-11-19(12-10-17)24-14-6-15-26-20-8-4-5-13-25-20/h9-12,18,20H,2-8,13-16H2,1H3,(H,22,23). The number of benzene rings is 1. The van der Waals surface area contributed by atoms with E-state index in [4.69, 9.17) is 14.2 Å². The maximum Gasteiger partial charge on any atom is 0.306 e. The van der Waals surface area contributed by atoms with E-state index >= 15 is 0 Å². The predicted molar refractivity (Wildman–Crippen MR) is 100 cm³/mol. The summed E-state index contributed by atoms with van der Waals surface area (Å²) in [5, 5.41) is 9.33. The maximum atomic E-state index is 11.3. The highest BCUT2D eigenvalue weighted by Gasteiger charge is 2.17. The first-order valence-electron chi connectivity index (χ1n) is 9.86. The van der Waals surface area contributed by atoms with Gasteiger partial charge < -0.3 is 19.3 Å². The summed E-state index contributed by atoms with van der Waals surface area (Å²) in [7, 11) is 0. The van der Waals surface area contributed by atoms with Crippen molar-refractivity contribution in [1.82, 2.24) is 0 Å². The van der Waals surface area contributed by atoms with E-state index in [9.17, 15) is 9.90 Å². The molecule has 5 heteroatoms. The van der Waals surface area contributed by atoms with Gasteiger partial charge in [-0.15, -0.1) is 0 Å². The van der Waals surface area contributed by atoms with Crippen LogP contribution in [0.25, 0.3) is 0 Å². The molecule has 2 unspecified atom stereocenters. The number of unbranched alkanes of at least 4 members (excludes halogenated alkanes) is 1. The van der Waals surface area contributed by atoms with Crippen molar-refractivity contribution in [2.75, 3.05) is 19.8 Å². The number of carboxylic acid groups (broad SMARTS) is 1. The summed E-state index contributed by atoms with van der Waals surface area (Å²) in [6.45, 7) is 4.12. The Bertz CT molecular complexity index is 508. The Morgan fingerprint density at radius 2 is 2.04 bits per heavy atom. The van der Waals surface area contributed by atoms with Gasteiger partial charge in [-0.25, -0.2) is 0 Å². The first-order chi connectivity index (χ1) is 12.7. The highest BCUT2D eigenvalue weighted by molar-refractivity contribution is 5.70. The first-order valence-corrected chi connectivity index (χ1v) is 9.86. The molecule has 1 heterocycles. The second kappa shape index (κ2) is 11.9. The molecule has 2 rings (SSSR count). The van der Waals surface area contributed by atoms with Crippen molar-refractivity contribution in [3.8, 4) is 5.75 Å². The molecule has 1 aromatic carbocycles. The van der Waals surface area contributed by atoms with Crippen LogP contribution in [0.5, 0.6) is 5.75 Å². The fourth-order valence-electron chi connectivity index (χ4n) is 3.08. The molecule has 146 valence electrons. The molecule has 0 saturated carbocycles. The lowest BCUT2D eigenvalue weighted by Crippen LogP contribution is -2.23. The van der Waals surface area contributed by atoms with Gasteiger partial charge in [0, 0.05) is 13.0 Å². The number of aliphatic carboxylic acids is 1. The summed E-state index contributed by atoms with van der Waals surface area (Å²) in [5.74, 6) is -0.204. The number of hydrogen-bond acceptors (Lipinski definition) is 4. The van der Waals surface area contributed by atoms with E-state index in [1.54, 1.807) is 0 Å². The van der Waals surface area contributed by atoms with Gasteiger partial charge in [0.25, 0.3) is 0 Å². The van der Waals surface area contributed by atoms with Crippen molar-refractivity contribution in [2.45, 2.75) is 64.6 Å². The van der Waals surface area contributed by atoms with Crippen molar-refractivity contribution in [1.29, 1.82) is 0 Å². The average molecular weight is 364 g/mol. The summed E-state index contributed by atoms with van der Waals surface area (Å²) in [6, 6.07) is 7.76. The molecule has 0 spiro atoms. The van der Waals surface area contributed by atoms with Crippen molar-refractivity contribution >= 4 is 5.97 Å². The Kier molecular flexibility index (Phi) is 9.50. The Labute approximate surface area is 156 Å². The van der Waals surface area contributed by atoms with Crippen LogP contribution in [0.4, 0.5) is 0 Å². The maximum absolute atomic E-state index is 11.3. The van der Waals surface area contributed by atoms with Crippen LogP contribution in [0.3, 0.4) is 0 Å². The molecule has 1 aliphatic rings. The van der Waals surface area contributed by atoms with E-state index in [1.165, 1.54) is 6.42 Å². The molecule has 0 radical (unpaired) electrons. The number of rotatable bonds is 12. The van der Waals surface area contributed by atoms with Gasteiger partial charge in [0.2, 0.25) is 0 Å². The number of carbonyl (C=O) groups is 1. The van der Waals surface area contributed by atoms with E-state index < -0.39 is 5.97 Å². The molecule has 1 saturated heterocycles. The molecule has 2 atom stereocenters. The van der Waals surface area contributed by atoms with Gasteiger partial charge >= 0.3 is 5.97 Å². The minimum absolute atomic E-state index is 0.0436. The lowest BCUT2D eigenvalue weighted by Gasteiger charge is -2.22. The minimum Gasteiger partial charge on any atom is -0.494 e.